The fraction of sp³-hybridized carbons (Fsp3) is 0.333. The lowest BCUT2D eigenvalue weighted by molar-refractivity contribution is 0.0742. The summed E-state index contributed by atoms with van der Waals surface area (Å²) in [4.78, 5) is 28.7. The van der Waals surface area contributed by atoms with Gasteiger partial charge in [0.25, 0.3) is 5.91 Å². The SMILES string of the molecule is Cl.NCCCN(Cc1ccccc1)C(=O)c1cccc(N2CCCNC2=O)c1. The summed E-state index contributed by atoms with van der Waals surface area (Å²) in [6.45, 7) is 3.02. The lowest BCUT2D eigenvalue weighted by atomic mass is 10.1. The molecule has 1 heterocycles. The van der Waals surface area contributed by atoms with Crippen molar-refractivity contribution >= 4 is 30.0 Å². The first-order valence-corrected chi connectivity index (χ1v) is 9.38. The maximum atomic E-state index is 13.1. The van der Waals surface area contributed by atoms with Crippen molar-refractivity contribution in [3.8, 4) is 0 Å². The van der Waals surface area contributed by atoms with E-state index in [4.69, 9.17) is 5.73 Å². The topological polar surface area (TPSA) is 78.7 Å². The predicted octanol–water partition coefficient (Wildman–Crippen LogP) is 3.02. The van der Waals surface area contributed by atoms with Gasteiger partial charge in [-0.25, -0.2) is 4.79 Å². The third-order valence-corrected chi connectivity index (χ3v) is 4.62. The molecule has 0 spiro atoms. The molecule has 7 heteroatoms. The van der Waals surface area contributed by atoms with Gasteiger partial charge < -0.3 is 16.0 Å². The third-order valence-electron chi connectivity index (χ3n) is 4.62. The van der Waals surface area contributed by atoms with Gasteiger partial charge in [-0.2, -0.15) is 0 Å². The van der Waals surface area contributed by atoms with Crippen molar-refractivity contribution in [2.75, 3.05) is 31.1 Å². The smallest absolute Gasteiger partial charge is 0.321 e. The fourth-order valence-corrected chi connectivity index (χ4v) is 3.20. The van der Waals surface area contributed by atoms with E-state index in [2.05, 4.69) is 5.32 Å². The van der Waals surface area contributed by atoms with E-state index in [9.17, 15) is 9.59 Å². The first kappa shape index (κ1) is 21.7. The van der Waals surface area contributed by atoms with Crippen LogP contribution in [0.2, 0.25) is 0 Å². The number of carbonyl (C=O) groups excluding carboxylic acids is 2. The van der Waals surface area contributed by atoms with Crippen LogP contribution in [0, 0.1) is 0 Å². The Hall–Kier alpha value is -2.57. The van der Waals surface area contributed by atoms with Crippen LogP contribution in [0.3, 0.4) is 0 Å². The van der Waals surface area contributed by atoms with Gasteiger partial charge in [-0.05, 0) is 43.1 Å². The van der Waals surface area contributed by atoms with Crippen LogP contribution in [0.15, 0.2) is 54.6 Å². The van der Waals surface area contributed by atoms with E-state index in [0.717, 1.165) is 24.1 Å². The number of anilines is 1. The minimum absolute atomic E-state index is 0. The zero-order valence-electron chi connectivity index (χ0n) is 15.8. The second kappa shape index (κ2) is 10.7. The molecular formula is C21H27ClN4O2. The number of urea groups is 1. The second-order valence-corrected chi connectivity index (χ2v) is 6.64. The highest BCUT2D eigenvalue weighted by atomic mass is 35.5. The molecular weight excluding hydrogens is 376 g/mol. The first-order chi connectivity index (χ1) is 13.2. The number of halogens is 1. The van der Waals surface area contributed by atoms with Crippen molar-refractivity contribution in [3.63, 3.8) is 0 Å². The normalized spacial score (nSPS) is 13.5. The van der Waals surface area contributed by atoms with Crippen molar-refractivity contribution in [2.24, 2.45) is 5.73 Å². The van der Waals surface area contributed by atoms with Crippen LogP contribution in [-0.4, -0.2) is 43.0 Å². The molecule has 0 radical (unpaired) electrons. The number of hydrogen-bond donors (Lipinski definition) is 2. The van der Waals surface area contributed by atoms with E-state index >= 15 is 0 Å². The van der Waals surface area contributed by atoms with Gasteiger partial charge in [0.15, 0.2) is 0 Å². The molecule has 3 amide bonds. The van der Waals surface area contributed by atoms with Gasteiger partial charge in [0.2, 0.25) is 0 Å². The Bertz CT molecular complexity index is 785. The van der Waals surface area contributed by atoms with Crippen LogP contribution >= 0.6 is 12.4 Å². The Morgan fingerprint density at radius 1 is 1.14 bits per heavy atom. The molecule has 0 saturated carbocycles. The zero-order chi connectivity index (χ0) is 19.1. The van der Waals surface area contributed by atoms with Gasteiger partial charge in [-0.15, -0.1) is 12.4 Å². The molecule has 0 aliphatic carbocycles. The summed E-state index contributed by atoms with van der Waals surface area (Å²) in [5, 5.41) is 2.84. The van der Waals surface area contributed by atoms with Crippen LogP contribution in [0.4, 0.5) is 10.5 Å². The Morgan fingerprint density at radius 3 is 2.64 bits per heavy atom. The van der Waals surface area contributed by atoms with Gasteiger partial charge in [-0.1, -0.05) is 36.4 Å². The van der Waals surface area contributed by atoms with Crippen molar-refractivity contribution < 1.29 is 9.59 Å². The third kappa shape index (κ3) is 5.47. The van der Waals surface area contributed by atoms with E-state index in [-0.39, 0.29) is 24.3 Å². The molecule has 6 nitrogen and oxygen atoms in total. The van der Waals surface area contributed by atoms with Gasteiger partial charge in [0, 0.05) is 37.4 Å². The molecule has 2 aromatic rings. The average molecular weight is 403 g/mol. The molecule has 3 N–H and O–H groups in total. The Kier molecular flexibility index (Phi) is 8.29. The molecule has 0 bridgehead atoms. The van der Waals surface area contributed by atoms with Crippen molar-refractivity contribution in [2.45, 2.75) is 19.4 Å². The van der Waals surface area contributed by atoms with Gasteiger partial charge >= 0.3 is 6.03 Å². The number of nitrogens with one attached hydrogen (secondary N) is 1. The summed E-state index contributed by atoms with van der Waals surface area (Å²) >= 11 is 0. The minimum Gasteiger partial charge on any atom is -0.338 e. The number of rotatable bonds is 7. The molecule has 0 atom stereocenters. The lowest BCUT2D eigenvalue weighted by Gasteiger charge is -2.28. The summed E-state index contributed by atoms with van der Waals surface area (Å²) in [6.07, 6.45) is 1.63. The van der Waals surface area contributed by atoms with E-state index in [1.165, 1.54) is 0 Å². The maximum absolute atomic E-state index is 13.1. The molecule has 1 aliphatic heterocycles. The molecule has 1 saturated heterocycles. The molecule has 28 heavy (non-hydrogen) atoms. The number of nitrogens with two attached hydrogens (primary N) is 1. The first-order valence-electron chi connectivity index (χ1n) is 9.38. The standard InChI is InChI=1S/C21H26N4O2.ClH/c22-11-5-13-24(16-17-7-2-1-3-8-17)20(26)18-9-4-10-19(15-18)25-14-6-12-23-21(25)27;/h1-4,7-10,15H,5-6,11-14,16,22H2,(H,23,27);1H. The Morgan fingerprint density at radius 2 is 1.93 bits per heavy atom. The summed E-state index contributed by atoms with van der Waals surface area (Å²) in [5.41, 5.74) is 8.06. The summed E-state index contributed by atoms with van der Waals surface area (Å²) in [7, 11) is 0. The molecule has 1 fully saturated rings. The average Bonchev–Trinajstić information content (AvgIpc) is 2.72. The fourth-order valence-electron chi connectivity index (χ4n) is 3.20. The minimum atomic E-state index is -0.116. The monoisotopic (exact) mass is 402 g/mol. The highest BCUT2D eigenvalue weighted by molar-refractivity contribution is 5.98. The molecule has 1 aliphatic rings. The zero-order valence-corrected chi connectivity index (χ0v) is 16.7. The number of hydrogen-bond acceptors (Lipinski definition) is 3. The van der Waals surface area contributed by atoms with Crippen LogP contribution in [0.25, 0.3) is 0 Å². The van der Waals surface area contributed by atoms with Crippen LogP contribution in [0.5, 0.6) is 0 Å². The quantitative estimate of drug-likeness (QED) is 0.747. The van der Waals surface area contributed by atoms with E-state index in [1.807, 2.05) is 47.4 Å². The van der Waals surface area contributed by atoms with E-state index in [0.29, 0.717) is 38.3 Å². The Labute approximate surface area is 172 Å². The molecule has 0 aromatic heterocycles. The highest BCUT2D eigenvalue weighted by Crippen LogP contribution is 2.20. The summed E-state index contributed by atoms with van der Waals surface area (Å²) in [6, 6.07) is 17.1. The number of amides is 3. The molecule has 0 unspecified atom stereocenters. The van der Waals surface area contributed by atoms with Gasteiger partial charge in [-0.3, -0.25) is 9.69 Å². The number of benzene rings is 2. The highest BCUT2D eigenvalue weighted by Gasteiger charge is 2.21. The molecule has 3 rings (SSSR count). The molecule has 2 aromatic carbocycles. The van der Waals surface area contributed by atoms with Crippen LogP contribution in [0.1, 0.15) is 28.8 Å². The van der Waals surface area contributed by atoms with E-state index < -0.39 is 0 Å². The van der Waals surface area contributed by atoms with Crippen molar-refractivity contribution in [1.82, 2.24) is 10.2 Å². The number of nitrogens with zero attached hydrogens (tertiary/aromatic N) is 2. The maximum Gasteiger partial charge on any atom is 0.321 e. The van der Waals surface area contributed by atoms with Crippen molar-refractivity contribution in [1.29, 1.82) is 0 Å². The largest absolute Gasteiger partial charge is 0.338 e. The van der Waals surface area contributed by atoms with Crippen LogP contribution in [-0.2, 0) is 6.54 Å². The lowest BCUT2D eigenvalue weighted by Crippen LogP contribution is -2.46. The van der Waals surface area contributed by atoms with Crippen molar-refractivity contribution in [3.05, 3.63) is 65.7 Å². The van der Waals surface area contributed by atoms with Gasteiger partial charge in [0.05, 0.1) is 0 Å². The second-order valence-electron chi connectivity index (χ2n) is 6.64. The van der Waals surface area contributed by atoms with E-state index in [1.54, 1.807) is 17.0 Å². The Balaban J connectivity index is 0.00000280. The summed E-state index contributed by atoms with van der Waals surface area (Å²) in [5.74, 6) is -0.0495. The van der Waals surface area contributed by atoms with Gasteiger partial charge in [0.1, 0.15) is 0 Å². The molecule has 150 valence electrons. The number of carbonyl (C=O) groups is 2. The van der Waals surface area contributed by atoms with Crippen LogP contribution < -0.4 is 16.0 Å². The predicted molar refractivity (Wildman–Crippen MR) is 114 cm³/mol. The summed E-state index contributed by atoms with van der Waals surface area (Å²) < 4.78 is 0.